The Bertz CT molecular complexity index is 288. The minimum atomic E-state index is -2.32. The quantitative estimate of drug-likeness (QED) is 0.260. The lowest BCUT2D eigenvalue weighted by Gasteiger charge is -2.34. The number of aliphatic hydroxyl groups is 5. The summed E-state index contributed by atoms with van der Waals surface area (Å²) in [6.07, 6.45) is -1.34. The van der Waals surface area contributed by atoms with Crippen LogP contribution < -0.4 is 5.73 Å². The van der Waals surface area contributed by atoms with Crippen LogP contribution in [0.2, 0.25) is 0 Å². The second kappa shape index (κ2) is 9.25. The molecule has 120 valence electrons. The normalized spacial score (nSPS) is 19.1. The lowest BCUT2D eigenvalue weighted by Crippen LogP contribution is -2.60. The van der Waals surface area contributed by atoms with Gasteiger partial charge in [0.15, 0.2) is 5.60 Å². The Morgan fingerprint density at radius 3 is 2.15 bits per heavy atom. The van der Waals surface area contributed by atoms with Crippen molar-refractivity contribution in [1.82, 2.24) is 0 Å². The van der Waals surface area contributed by atoms with Crippen LogP contribution in [-0.2, 0) is 4.79 Å². The number of aliphatic hydroxyl groups excluding tert-OH is 4. The lowest BCUT2D eigenvalue weighted by atomic mass is 9.85. The van der Waals surface area contributed by atoms with Gasteiger partial charge in [0.1, 0.15) is 18.3 Å². The van der Waals surface area contributed by atoms with Crippen molar-refractivity contribution in [2.45, 2.75) is 69.4 Å². The zero-order chi connectivity index (χ0) is 15.8. The van der Waals surface area contributed by atoms with Crippen molar-refractivity contribution < 1.29 is 30.3 Å². The molecule has 7 nitrogen and oxygen atoms in total. The van der Waals surface area contributed by atoms with Crippen LogP contribution in [0.1, 0.15) is 45.4 Å². The van der Waals surface area contributed by atoms with Gasteiger partial charge in [-0.05, 0) is 12.8 Å². The van der Waals surface area contributed by atoms with Crippen LogP contribution in [0, 0.1) is 0 Å². The molecule has 7 heteroatoms. The van der Waals surface area contributed by atoms with E-state index in [1.165, 1.54) is 0 Å². The molecule has 4 atom stereocenters. The van der Waals surface area contributed by atoms with Gasteiger partial charge >= 0.3 is 0 Å². The maximum absolute atomic E-state index is 11.4. The Hall–Kier alpha value is -0.730. The van der Waals surface area contributed by atoms with Crippen molar-refractivity contribution in [3.8, 4) is 0 Å². The Labute approximate surface area is 119 Å². The van der Waals surface area contributed by atoms with Crippen molar-refractivity contribution in [3.05, 3.63) is 0 Å². The molecule has 0 fully saturated rings. The van der Waals surface area contributed by atoms with Crippen molar-refractivity contribution in [3.63, 3.8) is 0 Å². The Morgan fingerprint density at radius 1 is 1.15 bits per heavy atom. The predicted molar refractivity (Wildman–Crippen MR) is 72.6 cm³/mol. The third-order valence-electron chi connectivity index (χ3n) is 3.48. The maximum atomic E-state index is 11.4. The molecule has 0 saturated carbocycles. The molecule has 0 aromatic heterocycles. The molecule has 0 saturated heterocycles. The van der Waals surface area contributed by atoms with Crippen LogP contribution in [0.4, 0.5) is 0 Å². The van der Waals surface area contributed by atoms with E-state index in [0.717, 1.165) is 25.7 Å². The summed E-state index contributed by atoms with van der Waals surface area (Å²) in [7, 11) is 0. The highest BCUT2D eigenvalue weighted by molar-refractivity contribution is 5.84. The molecule has 0 aromatic carbocycles. The molecule has 0 aliphatic carbocycles. The molecule has 0 unspecified atom stereocenters. The van der Waals surface area contributed by atoms with Gasteiger partial charge in [-0.25, -0.2) is 0 Å². The first kappa shape index (κ1) is 19.3. The third kappa shape index (κ3) is 5.34. The predicted octanol–water partition coefficient (Wildman–Crippen LogP) is -1.36. The van der Waals surface area contributed by atoms with E-state index in [1.54, 1.807) is 0 Å². The average Bonchev–Trinajstić information content (AvgIpc) is 2.43. The fraction of sp³-hybridized carbons (Fsp3) is 0.923. The highest BCUT2D eigenvalue weighted by Gasteiger charge is 2.46. The Balaban J connectivity index is 4.61. The summed E-state index contributed by atoms with van der Waals surface area (Å²) in [5.41, 5.74) is 2.77. The summed E-state index contributed by atoms with van der Waals surface area (Å²) in [5.74, 6) is -1.16. The third-order valence-corrected chi connectivity index (χ3v) is 3.48. The van der Waals surface area contributed by atoms with Gasteiger partial charge in [-0.3, -0.25) is 4.79 Å². The van der Waals surface area contributed by atoms with Crippen LogP contribution in [0.25, 0.3) is 0 Å². The zero-order valence-electron chi connectivity index (χ0n) is 11.9. The highest BCUT2D eigenvalue weighted by atomic mass is 16.4. The fourth-order valence-corrected chi connectivity index (χ4v) is 2.02. The number of primary amides is 1. The minimum absolute atomic E-state index is 0.109. The number of nitrogens with two attached hydrogens (primary N) is 1. The topological polar surface area (TPSA) is 144 Å². The summed E-state index contributed by atoms with van der Waals surface area (Å²) >= 11 is 0. The van der Waals surface area contributed by atoms with E-state index in [1.807, 2.05) is 0 Å². The molecule has 0 aliphatic heterocycles. The summed E-state index contributed by atoms with van der Waals surface area (Å²) < 4.78 is 0. The number of hydrogen-bond acceptors (Lipinski definition) is 6. The van der Waals surface area contributed by atoms with Gasteiger partial charge in [0, 0.05) is 0 Å². The van der Waals surface area contributed by atoms with Gasteiger partial charge in [-0.2, -0.15) is 0 Å². The van der Waals surface area contributed by atoms with Gasteiger partial charge in [0.25, 0.3) is 5.91 Å². The molecule has 0 aliphatic rings. The van der Waals surface area contributed by atoms with Crippen molar-refractivity contribution in [2.24, 2.45) is 5.73 Å². The van der Waals surface area contributed by atoms with Crippen molar-refractivity contribution >= 4 is 5.91 Å². The monoisotopic (exact) mass is 293 g/mol. The zero-order valence-corrected chi connectivity index (χ0v) is 11.9. The number of hydrogen-bond donors (Lipinski definition) is 6. The second-order valence-corrected chi connectivity index (χ2v) is 5.14. The number of rotatable bonds is 11. The van der Waals surface area contributed by atoms with Gasteiger partial charge in [0.05, 0.1) is 6.61 Å². The van der Waals surface area contributed by atoms with E-state index >= 15 is 0 Å². The van der Waals surface area contributed by atoms with E-state index in [9.17, 15) is 25.2 Å². The summed E-state index contributed by atoms with van der Waals surface area (Å²) in [4.78, 5) is 11.4. The molecule has 7 N–H and O–H groups in total. The minimum Gasteiger partial charge on any atom is -0.394 e. The number of unbranched alkanes of at least 4 members (excludes halogenated alkanes) is 4. The van der Waals surface area contributed by atoms with Crippen LogP contribution in [0.5, 0.6) is 0 Å². The SMILES string of the molecule is CCCCCCC[C@](O)(C(N)=O)[C@@H](O)[C@H](O)[C@H](O)CO. The number of amides is 1. The second-order valence-electron chi connectivity index (χ2n) is 5.14. The lowest BCUT2D eigenvalue weighted by molar-refractivity contribution is -0.175. The van der Waals surface area contributed by atoms with E-state index in [0.29, 0.717) is 6.42 Å². The molecular weight excluding hydrogens is 266 g/mol. The first-order chi connectivity index (χ1) is 9.31. The van der Waals surface area contributed by atoms with E-state index in [2.05, 4.69) is 6.92 Å². The smallest absolute Gasteiger partial charge is 0.252 e. The molecular formula is C13H27NO6. The van der Waals surface area contributed by atoms with Crippen LogP contribution in [0.15, 0.2) is 0 Å². The first-order valence-corrected chi connectivity index (χ1v) is 6.98. The molecule has 0 radical (unpaired) electrons. The molecule has 0 aromatic rings. The van der Waals surface area contributed by atoms with Gasteiger partial charge in [0.2, 0.25) is 0 Å². The average molecular weight is 293 g/mol. The van der Waals surface area contributed by atoms with Gasteiger partial charge in [-0.15, -0.1) is 0 Å². The molecule has 1 amide bonds. The fourth-order valence-electron chi connectivity index (χ4n) is 2.02. The van der Waals surface area contributed by atoms with Crippen LogP contribution in [-0.4, -0.2) is 62.0 Å². The van der Waals surface area contributed by atoms with Crippen LogP contribution >= 0.6 is 0 Å². The van der Waals surface area contributed by atoms with Gasteiger partial charge < -0.3 is 31.3 Å². The molecule has 0 rings (SSSR count). The first-order valence-electron chi connectivity index (χ1n) is 6.98. The molecule has 0 bridgehead atoms. The number of carbonyl (C=O) groups excluding carboxylic acids is 1. The standard InChI is InChI=1S/C13H27NO6/c1-2-3-4-5-6-7-13(20,12(14)19)11(18)10(17)9(16)8-15/h9-11,15-18,20H,2-8H2,1H3,(H2,14,19)/t9-,10-,11+,13-/m1/s1. The van der Waals surface area contributed by atoms with E-state index < -0.39 is 36.4 Å². The molecule has 0 spiro atoms. The van der Waals surface area contributed by atoms with Crippen molar-refractivity contribution in [1.29, 1.82) is 0 Å². The molecule has 20 heavy (non-hydrogen) atoms. The van der Waals surface area contributed by atoms with Gasteiger partial charge in [-0.1, -0.05) is 32.6 Å². The largest absolute Gasteiger partial charge is 0.394 e. The Kier molecular flexibility index (Phi) is 8.91. The van der Waals surface area contributed by atoms with E-state index in [4.69, 9.17) is 10.8 Å². The van der Waals surface area contributed by atoms with Crippen LogP contribution in [0.3, 0.4) is 0 Å². The molecule has 0 heterocycles. The highest BCUT2D eigenvalue weighted by Crippen LogP contribution is 2.23. The summed E-state index contributed by atoms with van der Waals surface area (Å²) in [6, 6.07) is 0. The number of carbonyl (C=O) groups is 1. The summed E-state index contributed by atoms with van der Waals surface area (Å²) in [5, 5.41) is 47.5. The Morgan fingerprint density at radius 2 is 1.70 bits per heavy atom. The van der Waals surface area contributed by atoms with E-state index in [-0.39, 0.29) is 6.42 Å². The maximum Gasteiger partial charge on any atom is 0.252 e. The summed E-state index contributed by atoms with van der Waals surface area (Å²) in [6.45, 7) is 1.25. The van der Waals surface area contributed by atoms with Crippen molar-refractivity contribution in [2.75, 3.05) is 6.61 Å².